The Balaban J connectivity index is 0.00000385. The van der Waals surface area contributed by atoms with E-state index < -0.39 is 0 Å². The van der Waals surface area contributed by atoms with Crippen molar-refractivity contribution in [2.45, 2.75) is 32.4 Å². The van der Waals surface area contributed by atoms with E-state index in [-0.39, 0.29) is 48.2 Å². The van der Waals surface area contributed by atoms with Gasteiger partial charge in [0.25, 0.3) is 0 Å². The Morgan fingerprint density at radius 2 is 1.91 bits per heavy atom. The summed E-state index contributed by atoms with van der Waals surface area (Å²) in [5.41, 5.74) is 2.95. The number of benzene rings is 2. The van der Waals surface area contributed by atoms with Gasteiger partial charge < -0.3 is 25.4 Å². The molecule has 1 amide bonds. The Morgan fingerprint density at radius 1 is 1.15 bits per heavy atom. The third kappa shape index (κ3) is 9.17. The van der Waals surface area contributed by atoms with Gasteiger partial charge in [-0.2, -0.15) is 0 Å². The molecule has 33 heavy (non-hydrogen) atoms. The molecule has 2 aromatic carbocycles. The molecule has 0 saturated carbocycles. The van der Waals surface area contributed by atoms with Gasteiger partial charge in [-0.05, 0) is 36.2 Å². The Hall–Kier alpha value is -2.40. The zero-order valence-corrected chi connectivity index (χ0v) is 21.4. The van der Waals surface area contributed by atoms with Gasteiger partial charge in [-0.3, -0.25) is 9.79 Å². The van der Waals surface area contributed by atoms with Crippen LogP contribution in [0.4, 0.5) is 4.39 Å². The number of halogens is 2. The fraction of sp³-hybridized carbons (Fsp3) is 0.417. The number of aryl methyl sites for hydroxylation is 1. The monoisotopic (exact) mass is 570 g/mol. The standard InChI is InChI=1S/C24H31FN4O3.HI/c1-17-3-6-19(22(13-17)32-21-9-12-31-16-21)15-29-24(26-2)28-11-10-27-23(30)14-18-4-7-20(25)8-5-18;/h3-8,13,21H,9-12,14-16H2,1-2H3,(H,27,30)(H2,26,28,29);1H. The van der Waals surface area contributed by atoms with Crippen LogP contribution in [0.1, 0.15) is 23.1 Å². The van der Waals surface area contributed by atoms with Crippen molar-refractivity contribution in [1.29, 1.82) is 0 Å². The number of hydrogen-bond acceptors (Lipinski definition) is 4. The number of carbonyl (C=O) groups is 1. The average molecular weight is 570 g/mol. The lowest BCUT2D eigenvalue weighted by molar-refractivity contribution is -0.120. The summed E-state index contributed by atoms with van der Waals surface area (Å²) in [5.74, 6) is 1.07. The number of hydrogen-bond donors (Lipinski definition) is 3. The summed E-state index contributed by atoms with van der Waals surface area (Å²) in [6.07, 6.45) is 1.21. The summed E-state index contributed by atoms with van der Waals surface area (Å²) in [6.45, 7) is 4.92. The molecule has 180 valence electrons. The number of aliphatic imine (C=N–C) groups is 1. The molecule has 1 saturated heterocycles. The van der Waals surface area contributed by atoms with Crippen LogP contribution in [0.25, 0.3) is 0 Å². The number of nitrogens with one attached hydrogen (secondary N) is 3. The fourth-order valence-corrected chi connectivity index (χ4v) is 3.34. The molecule has 1 atom stereocenters. The second-order valence-electron chi connectivity index (χ2n) is 7.72. The predicted octanol–water partition coefficient (Wildman–Crippen LogP) is 2.94. The summed E-state index contributed by atoms with van der Waals surface area (Å²) in [4.78, 5) is 16.3. The molecule has 1 aliphatic heterocycles. The van der Waals surface area contributed by atoms with Crippen molar-refractivity contribution in [3.05, 3.63) is 65.0 Å². The average Bonchev–Trinajstić information content (AvgIpc) is 3.29. The molecule has 3 N–H and O–H groups in total. The summed E-state index contributed by atoms with van der Waals surface area (Å²) in [6, 6.07) is 12.1. The highest BCUT2D eigenvalue weighted by atomic mass is 127. The van der Waals surface area contributed by atoms with Crippen LogP contribution >= 0.6 is 24.0 Å². The van der Waals surface area contributed by atoms with Gasteiger partial charge in [0, 0.05) is 38.7 Å². The first-order chi connectivity index (χ1) is 15.5. The molecule has 1 fully saturated rings. The summed E-state index contributed by atoms with van der Waals surface area (Å²) >= 11 is 0. The van der Waals surface area contributed by atoms with E-state index in [0.29, 0.717) is 32.2 Å². The fourth-order valence-electron chi connectivity index (χ4n) is 3.34. The number of guanidine groups is 1. The highest BCUT2D eigenvalue weighted by Gasteiger charge is 2.18. The van der Waals surface area contributed by atoms with Gasteiger partial charge >= 0.3 is 0 Å². The van der Waals surface area contributed by atoms with E-state index in [1.165, 1.54) is 12.1 Å². The highest BCUT2D eigenvalue weighted by molar-refractivity contribution is 14.0. The van der Waals surface area contributed by atoms with E-state index in [0.717, 1.165) is 35.5 Å². The van der Waals surface area contributed by atoms with Crippen molar-refractivity contribution in [2.24, 2.45) is 4.99 Å². The molecule has 3 rings (SSSR count). The van der Waals surface area contributed by atoms with Crippen LogP contribution in [-0.4, -0.2) is 51.3 Å². The second-order valence-corrected chi connectivity index (χ2v) is 7.72. The van der Waals surface area contributed by atoms with Crippen LogP contribution in [0.15, 0.2) is 47.5 Å². The normalized spacial score (nSPS) is 15.5. The zero-order valence-electron chi connectivity index (χ0n) is 19.0. The Kier molecular flexibility index (Phi) is 11.4. The number of carbonyl (C=O) groups excluding carboxylic acids is 1. The van der Waals surface area contributed by atoms with E-state index in [4.69, 9.17) is 9.47 Å². The Morgan fingerprint density at radius 3 is 2.61 bits per heavy atom. The molecule has 1 unspecified atom stereocenters. The van der Waals surface area contributed by atoms with Crippen molar-refractivity contribution >= 4 is 35.8 Å². The summed E-state index contributed by atoms with van der Waals surface area (Å²) < 4.78 is 24.5. The topological polar surface area (TPSA) is 84.0 Å². The first kappa shape index (κ1) is 26.8. The van der Waals surface area contributed by atoms with E-state index in [1.54, 1.807) is 19.2 Å². The first-order valence-electron chi connectivity index (χ1n) is 10.8. The van der Waals surface area contributed by atoms with E-state index in [2.05, 4.69) is 33.1 Å². The van der Waals surface area contributed by atoms with Crippen molar-refractivity contribution in [2.75, 3.05) is 33.4 Å². The van der Waals surface area contributed by atoms with Gasteiger partial charge in [-0.1, -0.05) is 24.3 Å². The molecule has 0 spiro atoms. The molecule has 1 aliphatic rings. The van der Waals surface area contributed by atoms with Crippen LogP contribution in [0, 0.1) is 12.7 Å². The van der Waals surface area contributed by atoms with Gasteiger partial charge in [-0.25, -0.2) is 4.39 Å². The van der Waals surface area contributed by atoms with E-state index in [1.807, 2.05) is 13.0 Å². The lowest BCUT2D eigenvalue weighted by Gasteiger charge is -2.18. The highest BCUT2D eigenvalue weighted by Crippen LogP contribution is 2.23. The van der Waals surface area contributed by atoms with Crippen LogP contribution in [0.3, 0.4) is 0 Å². The maximum atomic E-state index is 12.9. The van der Waals surface area contributed by atoms with Crippen molar-refractivity contribution < 1.29 is 18.7 Å². The minimum absolute atomic E-state index is 0. The molecule has 0 radical (unpaired) electrons. The minimum Gasteiger partial charge on any atom is -0.488 e. The second kappa shape index (κ2) is 14.0. The van der Waals surface area contributed by atoms with Gasteiger partial charge in [0.15, 0.2) is 5.96 Å². The molecular weight excluding hydrogens is 538 g/mol. The van der Waals surface area contributed by atoms with Gasteiger partial charge in [0.2, 0.25) is 5.91 Å². The quantitative estimate of drug-likeness (QED) is 0.187. The van der Waals surface area contributed by atoms with Gasteiger partial charge in [0.05, 0.1) is 19.6 Å². The Bertz CT molecular complexity index is 918. The smallest absolute Gasteiger partial charge is 0.224 e. The van der Waals surface area contributed by atoms with Gasteiger partial charge in [-0.15, -0.1) is 24.0 Å². The summed E-state index contributed by atoms with van der Waals surface area (Å²) in [7, 11) is 1.70. The molecule has 0 aromatic heterocycles. The number of amides is 1. The van der Waals surface area contributed by atoms with Crippen molar-refractivity contribution in [1.82, 2.24) is 16.0 Å². The predicted molar refractivity (Wildman–Crippen MR) is 138 cm³/mol. The molecule has 2 aromatic rings. The Labute approximate surface area is 211 Å². The van der Waals surface area contributed by atoms with Crippen molar-refractivity contribution in [3.63, 3.8) is 0 Å². The molecule has 0 aliphatic carbocycles. The van der Waals surface area contributed by atoms with Gasteiger partial charge in [0.1, 0.15) is 17.7 Å². The lowest BCUT2D eigenvalue weighted by Crippen LogP contribution is -2.41. The van der Waals surface area contributed by atoms with Crippen LogP contribution in [-0.2, 0) is 22.5 Å². The van der Waals surface area contributed by atoms with E-state index in [9.17, 15) is 9.18 Å². The molecule has 9 heteroatoms. The third-order valence-electron chi connectivity index (χ3n) is 5.09. The van der Waals surface area contributed by atoms with Crippen LogP contribution in [0.5, 0.6) is 5.75 Å². The number of nitrogens with zero attached hydrogens (tertiary/aromatic N) is 1. The van der Waals surface area contributed by atoms with Crippen LogP contribution < -0.4 is 20.7 Å². The zero-order chi connectivity index (χ0) is 22.8. The van der Waals surface area contributed by atoms with E-state index >= 15 is 0 Å². The maximum absolute atomic E-state index is 12.9. The molecular formula is C24H32FIN4O3. The molecule has 7 nitrogen and oxygen atoms in total. The SMILES string of the molecule is CN=C(NCCNC(=O)Cc1ccc(F)cc1)NCc1ccc(C)cc1OC1CCOC1.I. The van der Waals surface area contributed by atoms with Crippen LogP contribution in [0.2, 0.25) is 0 Å². The van der Waals surface area contributed by atoms with Crippen molar-refractivity contribution in [3.8, 4) is 5.75 Å². The lowest BCUT2D eigenvalue weighted by atomic mass is 10.1. The molecule has 0 bridgehead atoms. The number of ether oxygens (including phenoxy) is 2. The first-order valence-corrected chi connectivity index (χ1v) is 10.8. The number of rotatable bonds is 9. The third-order valence-corrected chi connectivity index (χ3v) is 5.09. The molecule has 1 heterocycles. The summed E-state index contributed by atoms with van der Waals surface area (Å²) in [5, 5.41) is 9.31. The largest absolute Gasteiger partial charge is 0.488 e. The minimum atomic E-state index is -0.311. The maximum Gasteiger partial charge on any atom is 0.224 e.